The second kappa shape index (κ2) is 26.9. The van der Waals surface area contributed by atoms with Crippen molar-refractivity contribution in [1.82, 2.24) is 0 Å². The van der Waals surface area contributed by atoms with Crippen molar-refractivity contribution in [2.45, 2.75) is 160 Å². The standard InChI is InChI=1S/C22H42O3.2C3H7.Al.H/c1-3-4-5-6-7-8-9-10-11-12-13-14-15-16-17-18-19-25-22(24)20-21(2)23;2*1-3-2;;/h3-20H2,1-2H3;2*3H,1-2H3;;. The van der Waals surface area contributed by atoms with E-state index in [9.17, 15) is 9.59 Å². The van der Waals surface area contributed by atoms with E-state index in [0.29, 0.717) is 6.61 Å². The van der Waals surface area contributed by atoms with Crippen LogP contribution in [0.3, 0.4) is 0 Å². The number of Topliss-reactive ketones (excluding diaryl/α,β-unsaturated/α-hetero) is 1. The number of esters is 1. The fourth-order valence-corrected chi connectivity index (χ4v) is 5.92. The summed E-state index contributed by atoms with van der Waals surface area (Å²) in [5, 5.41) is 0. The van der Waals surface area contributed by atoms with Crippen molar-refractivity contribution >= 4 is 27.0 Å². The van der Waals surface area contributed by atoms with Gasteiger partial charge in [0.2, 0.25) is 15.2 Å². The Morgan fingerprint density at radius 2 is 0.969 bits per heavy atom. The zero-order chi connectivity index (χ0) is 24.5. The van der Waals surface area contributed by atoms with Crippen molar-refractivity contribution in [1.29, 1.82) is 0 Å². The molecule has 0 aromatic rings. The Labute approximate surface area is 207 Å². The highest BCUT2D eigenvalue weighted by molar-refractivity contribution is 6.38. The van der Waals surface area contributed by atoms with Gasteiger partial charge in [0, 0.05) is 0 Å². The number of ether oxygens (including phenoxy) is 1. The van der Waals surface area contributed by atoms with Crippen LogP contribution in [0.25, 0.3) is 0 Å². The molecule has 0 N–H and O–H groups in total. The molecule has 0 radical (unpaired) electrons. The first kappa shape index (κ1) is 33.8. The first-order valence-corrected chi connectivity index (χ1v) is 15.6. The van der Waals surface area contributed by atoms with E-state index < -0.39 is 0 Å². The highest BCUT2D eigenvalue weighted by Gasteiger charge is 2.05. The lowest BCUT2D eigenvalue weighted by molar-refractivity contribution is -0.145. The second-order valence-corrected chi connectivity index (χ2v) is 14.2. The molecule has 0 fully saturated rings. The summed E-state index contributed by atoms with van der Waals surface area (Å²) in [6.07, 6.45) is 21.3. The maximum atomic E-state index is 11.2. The summed E-state index contributed by atoms with van der Waals surface area (Å²) in [5.41, 5.74) is 0. The van der Waals surface area contributed by atoms with E-state index in [1.165, 1.54) is 96.8 Å². The molecule has 0 aliphatic carbocycles. The predicted octanol–water partition coefficient (Wildman–Crippen LogP) is 8.85. The Bertz CT molecular complexity index is 401. The molecule has 0 aliphatic rings. The molecule has 32 heavy (non-hydrogen) atoms. The summed E-state index contributed by atoms with van der Waals surface area (Å²) in [5.74, 6) is -0.509. The average molecular weight is 469 g/mol. The van der Waals surface area contributed by atoms with Gasteiger partial charge < -0.3 is 4.74 Å². The molecule has 4 heteroatoms. The molecular formula is C28H57AlO3. The van der Waals surface area contributed by atoms with Crippen LogP contribution in [-0.4, -0.2) is 33.6 Å². The average Bonchev–Trinajstić information content (AvgIpc) is 2.69. The molecule has 0 rings (SSSR count). The van der Waals surface area contributed by atoms with Gasteiger partial charge >= 0.3 is 5.97 Å². The third-order valence-corrected chi connectivity index (χ3v) is 7.48. The zero-order valence-corrected chi connectivity index (χ0v) is 24.2. The van der Waals surface area contributed by atoms with Crippen LogP contribution in [-0.2, 0) is 14.3 Å². The Morgan fingerprint density at radius 3 is 1.25 bits per heavy atom. The number of ketones is 1. The first-order valence-electron chi connectivity index (χ1n) is 13.9. The quantitative estimate of drug-likeness (QED) is 0.0731. The van der Waals surface area contributed by atoms with E-state index in [2.05, 4.69) is 34.6 Å². The van der Waals surface area contributed by atoms with Crippen LogP contribution in [0.15, 0.2) is 0 Å². The smallest absolute Gasteiger partial charge is 0.313 e. The summed E-state index contributed by atoms with van der Waals surface area (Å²) in [6, 6.07) is 0. The highest BCUT2D eigenvalue weighted by Crippen LogP contribution is 2.13. The minimum Gasteiger partial charge on any atom is -0.465 e. The van der Waals surface area contributed by atoms with Crippen LogP contribution in [0.4, 0.5) is 0 Å². The summed E-state index contributed by atoms with van der Waals surface area (Å²) in [6.45, 7) is 13.5. The van der Waals surface area contributed by atoms with Gasteiger partial charge in [-0.05, 0) is 13.3 Å². The van der Waals surface area contributed by atoms with Crippen LogP contribution in [0.5, 0.6) is 0 Å². The van der Waals surface area contributed by atoms with Gasteiger partial charge in [0.1, 0.15) is 12.2 Å². The van der Waals surface area contributed by atoms with Crippen molar-refractivity contribution in [3.05, 3.63) is 0 Å². The third kappa shape index (κ3) is 34.3. The monoisotopic (exact) mass is 468 g/mol. The van der Waals surface area contributed by atoms with Crippen LogP contribution in [0.1, 0.15) is 151 Å². The van der Waals surface area contributed by atoms with E-state index >= 15 is 0 Å². The molecule has 0 spiro atoms. The van der Waals surface area contributed by atoms with E-state index in [-0.39, 0.29) is 33.4 Å². The SMILES string of the molecule is CCCCCCCCCCCCCCCCCCOC(=O)CC(C)=O.C[CH](C)[AlH][CH](C)C. The minimum absolute atomic E-state index is 0.0845. The Morgan fingerprint density at radius 1 is 0.625 bits per heavy atom. The number of hydrogen-bond donors (Lipinski definition) is 0. The Balaban J connectivity index is 0. The predicted molar refractivity (Wildman–Crippen MR) is 143 cm³/mol. The minimum atomic E-state index is -0.381. The second-order valence-electron chi connectivity index (χ2n) is 10.4. The van der Waals surface area contributed by atoms with Gasteiger partial charge in [0.25, 0.3) is 0 Å². The lowest BCUT2D eigenvalue weighted by Crippen LogP contribution is -2.09. The molecule has 0 heterocycles. The van der Waals surface area contributed by atoms with Crippen molar-refractivity contribution in [2.75, 3.05) is 6.61 Å². The van der Waals surface area contributed by atoms with E-state index in [1.807, 2.05) is 0 Å². The van der Waals surface area contributed by atoms with Crippen LogP contribution in [0, 0.1) is 0 Å². The van der Waals surface area contributed by atoms with Crippen LogP contribution >= 0.6 is 0 Å². The molecule has 0 bridgehead atoms. The number of hydrogen-bond acceptors (Lipinski definition) is 3. The van der Waals surface area contributed by atoms with E-state index in [1.54, 1.807) is 0 Å². The first-order chi connectivity index (χ1) is 15.3. The molecule has 0 aromatic carbocycles. The highest BCUT2D eigenvalue weighted by atomic mass is 27.1. The molecule has 190 valence electrons. The van der Waals surface area contributed by atoms with Gasteiger partial charge in [-0.3, -0.25) is 9.59 Å². The van der Waals surface area contributed by atoms with Crippen molar-refractivity contribution < 1.29 is 14.3 Å². The van der Waals surface area contributed by atoms with Crippen molar-refractivity contribution in [3.63, 3.8) is 0 Å². The number of rotatable bonds is 21. The Kier molecular flexibility index (Phi) is 28.5. The number of carbonyl (C=O) groups is 2. The van der Waals surface area contributed by atoms with E-state index in [4.69, 9.17) is 4.74 Å². The zero-order valence-electron chi connectivity index (χ0n) is 22.8. The van der Waals surface area contributed by atoms with Gasteiger partial charge in [-0.25, -0.2) is 0 Å². The molecule has 0 aliphatic heterocycles. The molecule has 0 aromatic heterocycles. The van der Waals surface area contributed by atoms with Gasteiger partial charge in [-0.15, -0.1) is 0 Å². The van der Waals surface area contributed by atoms with Gasteiger partial charge in [0.05, 0.1) is 6.61 Å². The number of unbranched alkanes of at least 4 members (excludes halogenated alkanes) is 15. The lowest BCUT2D eigenvalue weighted by Gasteiger charge is -2.04. The number of carbonyl (C=O) groups excluding carboxylic acids is 2. The van der Waals surface area contributed by atoms with E-state index in [0.717, 1.165) is 22.4 Å². The summed E-state index contributed by atoms with van der Waals surface area (Å²) in [7, 11) is 0. The van der Waals surface area contributed by atoms with Gasteiger partial charge in [-0.1, -0.05) is 140 Å². The van der Waals surface area contributed by atoms with Gasteiger partial charge in [0.15, 0.2) is 0 Å². The summed E-state index contributed by atoms with van der Waals surface area (Å²) >= 11 is 0.281. The van der Waals surface area contributed by atoms with Crippen molar-refractivity contribution in [3.8, 4) is 0 Å². The summed E-state index contributed by atoms with van der Waals surface area (Å²) < 4.78 is 7.04. The molecule has 3 nitrogen and oxygen atoms in total. The van der Waals surface area contributed by atoms with Crippen LogP contribution < -0.4 is 0 Å². The molecule has 0 unspecified atom stereocenters. The van der Waals surface area contributed by atoms with Gasteiger partial charge in [-0.2, -0.15) is 0 Å². The fraction of sp³-hybridized carbons (Fsp3) is 0.929. The molecule has 0 atom stereocenters. The Hall–Kier alpha value is -0.328. The maximum Gasteiger partial charge on any atom is 0.313 e. The molecule has 0 saturated carbocycles. The summed E-state index contributed by atoms with van der Waals surface area (Å²) in [4.78, 5) is 21.9. The molecule has 0 saturated heterocycles. The normalized spacial score (nSPS) is 10.8. The molecule has 0 amide bonds. The van der Waals surface area contributed by atoms with Crippen LogP contribution in [0.2, 0.25) is 9.56 Å². The largest absolute Gasteiger partial charge is 0.465 e. The third-order valence-electron chi connectivity index (χ3n) is 5.60. The molecular weight excluding hydrogens is 411 g/mol. The van der Waals surface area contributed by atoms with Crippen molar-refractivity contribution in [2.24, 2.45) is 0 Å². The topological polar surface area (TPSA) is 43.4 Å². The fourth-order valence-electron chi connectivity index (χ4n) is 4.03. The lowest BCUT2D eigenvalue weighted by atomic mass is 10.0. The maximum absolute atomic E-state index is 11.2.